The molecule has 0 aromatic carbocycles. The second kappa shape index (κ2) is 2.94. The Bertz CT molecular complexity index is 183. The predicted octanol–water partition coefficient (Wildman–Crippen LogP) is 1.63. The summed E-state index contributed by atoms with van der Waals surface area (Å²) in [6, 6.07) is 3.72. The lowest BCUT2D eigenvalue weighted by Crippen LogP contribution is -1.87. The first-order chi connectivity index (χ1) is 4.33. The summed E-state index contributed by atoms with van der Waals surface area (Å²) in [6.07, 6.45) is 1.70. The molecule has 0 saturated carbocycles. The Labute approximate surface area is 62.2 Å². The molecule has 0 aliphatic heterocycles. The normalized spacial score (nSPS) is 9.56. The third kappa shape index (κ3) is 1.77. The van der Waals surface area contributed by atoms with Crippen molar-refractivity contribution in [2.24, 2.45) is 0 Å². The Balaban J connectivity index is 2.88. The molecule has 3 heteroatoms. The number of hydrogen-bond acceptors (Lipinski definition) is 1. The van der Waals surface area contributed by atoms with E-state index in [1.165, 1.54) is 0 Å². The van der Waals surface area contributed by atoms with Gasteiger partial charge in [0.25, 0.3) is 0 Å². The molecule has 1 rings (SSSR count). The van der Waals surface area contributed by atoms with Crippen molar-refractivity contribution in [2.75, 3.05) is 0 Å². The Hall–Kier alpha value is -0.410. The van der Waals surface area contributed by atoms with Gasteiger partial charge in [0, 0.05) is 10.7 Å². The first-order valence-electron chi connectivity index (χ1n) is 2.58. The molecule has 1 radical (unpaired) electrons. The lowest BCUT2D eigenvalue weighted by Gasteiger charge is -1.91. The lowest BCUT2D eigenvalue weighted by molar-refractivity contribution is 0.957. The quantitative estimate of drug-likeness (QED) is 0.656. The van der Waals surface area contributed by atoms with Crippen LogP contribution in [-0.2, 0) is 6.54 Å². The van der Waals surface area contributed by atoms with Crippen LogP contribution < -0.4 is 5.73 Å². The van der Waals surface area contributed by atoms with Gasteiger partial charge in [-0.1, -0.05) is 0 Å². The van der Waals surface area contributed by atoms with Crippen LogP contribution in [0.15, 0.2) is 22.8 Å². The average molecular weight is 186 g/mol. The van der Waals surface area contributed by atoms with Gasteiger partial charge >= 0.3 is 0 Å². The van der Waals surface area contributed by atoms with Gasteiger partial charge < -0.3 is 0 Å². The fourth-order valence-electron chi connectivity index (χ4n) is 0.511. The molecule has 0 fully saturated rings. The smallest absolute Gasteiger partial charge is 0.0556 e. The van der Waals surface area contributed by atoms with Gasteiger partial charge in [-0.25, -0.2) is 0 Å². The molecule has 0 saturated heterocycles. The fraction of sp³-hybridized carbons (Fsp3) is 0.167. The highest BCUT2D eigenvalue weighted by molar-refractivity contribution is 9.10. The summed E-state index contributed by atoms with van der Waals surface area (Å²) in [7, 11) is 0. The van der Waals surface area contributed by atoms with E-state index in [0.717, 1.165) is 10.2 Å². The number of rotatable bonds is 1. The molecule has 0 aliphatic rings. The molecular weight excluding hydrogens is 180 g/mol. The van der Waals surface area contributed by atoms with Crippen LogP contribution in [0.2, 0.25) is 0 Å². The highest BCUT2D eigenvalue weighted by Crippen LogP contribution is 2.06. The van der Waals surface area contributed by atoms with Gasteiger partial charge in [0.2, 0.25) is 0 Å². The average Bonchev–Trinajstić information content (AvgIpc) is 1.90. The van der Waals surface area contributed by atoms with E-state index in [9.17, 15) is 0 Å². The number of halogens is 1. The molecule has 1 heterocycles. The van der Waals surface area contributed by atoms with E-state index in [4.69, 9.17) is 5.73 Å². The number of nitrogens with zero attached hydrogens (tertiary/aromatic N) is 1. The maximum Gasteiger partial charge on any atom is 0.0556 e. The van der Waals surface area contributed by atoms with Crippen molar-refractivity contribution in [3.63, 3.8) is 0 Å². The molecule has 47 valence electrons. The first-order valence-corrected chi connectivity index (χ1v) is 3.37. The Morgan fingerprint density at radius 2 is 2.33 bits per heavy atom. The van der Waals surface area contributed by atoms with Crippen molar-refractivity contribution in [3.8, 4) is 0 Å². The van der Waals surface area contributed by atoms with Crippen LogP contribution in [0.3, 0.4) is 0 Å². The predicted molar refractivity (Wildman–Crippen MR) is 38.7 cm³/mol. The zero-order chi connectivity index (χ0) is 6.69. The molecule has 0 bridgehead atoms. The molecule has 1 aromatic rings. The minimum atomic E-state index is 0.257. The molecule has 1 aromatic heterocycles. The van der Waals surface area contributed by atoms with Crippen LogP contribution >= 0.6 is 15.9 Å². The van der Waals surface area contributed by atoms with Gasteiger partial charge in [-0.3, -0.25) is 10.7 Å². The molecule has 0 spiro atoms. The van der Waals surface area contributed by atoms with Crippen molar-refractivity contribution in [1.82, 2.24) is 10.7 Å². The monoisotopic (exact) mass is 185 g/mol. The van der Waals surface area contributed by atoms with Crippen molar-refractivity contribution >= 4 is 15.9 Å². The minimum Gasteiger partial charge on any atom is -0.259 e. The first kappa shape index (κ1) is 6.71. The molecule has 0 atom stereocenters. The second-order valence-corrected chi connectivity index (χ2v) is 2.56. The largest absolute Gasteiger partial charge is 0.259 e. The van der Waals surface area contributed by atoms with E-state index in [-0.39, 0.29) is 6.54 Å². The van der Waals surface area contributed by atoms with Crippen LogP contribution in [-0.4, -0.2) is 4.98 Å². The topological polar surface area (TPSA) is 36.7 Å². The number of nitrogens with one attached hydrogen (secondary N) is 1. The van der Waals surface area contributed by atoms with Crippen molar-refractivity contribution in [3.05, 3.63) is 28.5 Å². The third-order valence-corrected chi connectivity index (χ3v) is 1.44. The Morgan fingerprint density at radius 3 is 2.78 bits per heavy atom. The lowest BCUT2D eigenvalue weighted by atomic mass is 10.4. The summed E-state index contributed by atoms with van der Waals surface area (Å²) in [5.74, 6) is 0. The number of pyridine rings is 1. The van der Waals surface area contributed by atoms with Gasteiger partial charge in [0.15, 0.2) is 0 Å². The van der Waals surface area contributed by atoms with Crippen LogP contribution in [0.5, 0.6) is 0 Å². The van der Waals surface area contributed by atoms with Crippen LogP contribution in [0.1, 0.15) is 5.69 Å². The highest BCUT2D eigenvalue weighted by atomic mass is 79.9. The number of aromatic nitrogens is 1. The zero-order valence-electron chi connectivity index (χ0n) is 4.76. The maximum atomic E-state index is 6.94. The second-order valence-electron chi connectivity index (χ2n) is 1.64. The zero-order valence-corrected chi connectivity index (χ0v) is 6.35. The fourth-order valence-corrected chi connectivity index (χ4v) is 0.746. The number of hydrogen-bond donors (Lipinski definition) is 0. The summed E-state index contributed by atoms with van der Waals surface area (Å²) in [6.45, 7) is 0.257. The van der Waals surface area contributed by atoms with Gasteiger partial charge in [-0.05, 0) is 28.1 Å². The summed E-state index contributed by atoms with van der Waals surface area (Å²) >= 11 is 3.25. The summed E-state index contributed by atoms with van der Waals surface area (Å²) in [5, 5.41) is 0. The van der Waals surface area contributed by atoms with Crippen LogP contribution in [0.4, 0.5) is 0 Å². The SMILES string of the molecule is [NH]Cc1ccc(Br)cn1. The maximum absolute atomic E-state index is 6.94. The van der Waals surface area contributed by atoms with Gasteiger partial charge in [0.05, 0.1) is 12.2 Å². The van der Waals surface area contributed by atoms with E-state index >= 15 is 0 Å². The Kier molecular flexibility index (Phi) is 2.19. The van der Waals surface area contributed by atoms with E-state index < -0.39 is 0 Å². The molecule has 0 amide bonds. The van der Waals surface area contributed by atoms with Gasteiger partial charge in [0.1, 0.15) is 0 Å². The highest BCUT2D eigenvalue weighted by Gasteiger charge is 1.88. The minimum absolute atomic E-state index is 0.257. The summed E-state index contributed by atoms with van der Waals surface area (Å²) in [4.78, 5) is 3.96. The molecule has 2 nitrogen and oxygen atoms in total. The van der Waals surface area contributed by atoms with Crippen LogP contribution in [0.25, 0.3) is 0 Å². The van der Waals surface area contributed by atoms with Gasteiger partial charge in [-0.2, -0.15) is 0 Å². The standard InChI is InChI=1S/C6H6BrN2/c7-5-1-2-6(3-8)9-4-5/h1-2,4,8H,3H2. The van der Waals surface area contributed by atoms with Crippen LogP contribution in [0, 0.1) is 0 Å². The Morgan fingerprint density at radius 1 is 1.56 bits per heavy atom. The van der Waals surface area contributed by atoms with Gasteiger partial charge in [-0.15, -0.1) is 0 Å². The van der Waals surface area contributed by atoms with E-state index in [2.05, 4.69) is 20.9 Å². The molecule has 9 heavy (non-hydrogen) atoms. The third-order valence-electron chi connectivity index (χ3n) is 0.970. The van der Waals surface area contributed by atoms with Crippen molar-refractivity contribution in [1.29, 1.82) is 0 Å². The molecule has 0 aliphatic carbocycles. The summed E-state index contributed by atoms with van der Waals surface area (Å²) < 4.78 is 0.958. The molecule has 0 unspecified atom stereocenters. The van der Waals surface area contributed by atoms with E-state index in [1.54, 1.807) is 6.20 Å². The van der Waals surface area contributed by atoms with Crippen molar-refractivity contribution < 1.29 is 0 Å². The van der Waals surface area contributed by atoms with E-state index in [1.807, 2.05) is 12.1 Å². The van der Waals surface area contributed by atoms with Crippen molar-refractivity contribution in [2.45, 2.75) is 6.54 Å². The molecular formula is C6H6BrN2. The van der Waals surface area contributed by atoms with E-state index in [0.29, 0.717) is 0 Å². The molecule has 1 N–H and O–H groups in total. The summed E-state index contributed by atoms with van der Waals surface area (Å²) in [5.41, 5.74) is 7.74.